The molecule has 7 aromatic rings. The van der Waals surface area contributed by atoms with Gasteiger partial charge in [0.25, 0.3) is 0 Å². The first-order chi connectivity index (χ1) is 25.1. The highest BCUT2D eigenvalue weighted by atomic mass is 15.0. The van der Waals surface area contributed by atoms with Crippen LogP contribution in [0.15, 0.2) is 164 Å². The van der Waals surface area contributed by atoms with Crippen LogP contribution in [-0.4, -0.2) is 15.0 Å². The molecule has 0 N–H and O–H groups in total. The first kappa shape index (κ1) is 32.0. The van der Waals surface area contributed by atoms with Crippen LogP contribution in [0, 0.1) is 6.92 Å². The summed E-state index contributed by atoms with van der Waals surface area (Å²) in [5.74, 6) is 1.96. The van der Waals surface area contributed by atoms with Gasteiger partial charge in [0.2, 0.25) is 0 Å². The van der Waals surface area contributed by atoms with Crippen molar-refractivity contribution in [2.45, 2.75) is 33.1 Å². The molecule has 3 nitrogen and oxygen atoms in total. The van der Waals surface area contributed by atoms with Crippen molar-refractivity contribution in [1.82, 2.24) is 15.0 Å². The molecule has 1 aliphatic carbocycles. The Balaban J connectivity index is 1.19. The van der Waals surface area contributed by atoms with Crippen LogP contribution < -0.4 is 0 Å². The van der Waals surface area contributed by atoms with Crippen molar-refractivity contribution in [2.75, 3.05) is 0 Å². The van der Waals surface area contributed by atoms with E-state index in [1.54, 1.807) is 0 Å². The van der Waals surface area contributed by atoms with Crippen molar-refractivity contribution >= 4 is 5.57 Å². The Hall–Kier alpha value is -6.19. The number of hydrogen-bond donors (Lipinski definition) is 0. The smallest absolute Gasteiger partial charge is 0.164 e. The Morgan fingerprint density at radius 1 is 0.451 bits per heavy atom. The molecule has 1 aromatic heterocycles. The molecule has 0 fully saturated rings. The minimum atomic E-state index is 0.650. The van der Waals surface area contributed by atoms with E-state index in [1.165, 1.54) is 44.5 Å². The number of aromatic nitrogens is 3. The van der Waals surface area contributed by atoms with Crippen molar-refractivity contribution in [3.05, 3.63) is 181 Å². The molecule has 8 rings (SSSR count). The summed E-state index contributed by atoms with van der Waals surface area (Å²) in [7, 11) is 0. The molecule has 51 heavy (non-hydrogen) atoms. The summed E-state index contributed by atoms with van der Waals surface area (Å²) in [6, 6.07) is 51.5. The lowest BCUT2D eigenvalue weighted by atomic mass is 9.88. The fourth-order valence-electron chi connectivity index (χ4n) is 6.98. The molecule has 0 radical (unpaired) electrons. The predicted molar refractivity (Wildman–Crippen MR) is 213 cm³/mol. The van der Waals surface area contributed by atoms with Crippen molar-refractivity contribution in [2.24, 2.45) is 0 Å². The van der Waals surface area contributed by atoms with Gasteiger partial charge in [0, 0.05) is 16.7 Å². The molecular weight excluding hydrogens is 619 g/mol. The first-order valence-electron chi connectivity index (χ1n) is 17.8. The topological polar surface area (TPSA) is 38.7 Å². The standard InChI is InChI=1S/C48H39N3/c1-3-34-14-10-11-19-43(34)45-33(2)13-12-20-44(45)39-25-31-42(32-26-39)48-50-46(40-27-21-37(22-28-40)35-15-6-4-7-16-35)49-47(51-48)41-29-23-38(24-30-41)36-17-8-5-9-18-36/h4,6-8,10-32H,3,5,9H2,1-2H3. The van der Waals surface area contributed by atoms with Crippen LogP contribution in [0.1, 0.15) is 36.5 Å². The van der Waals surface area contributed by atoms with E-state index in [1.807, 2.05) is 6.07 Å². The zero-order valence-electron chi connectivity index (χ0n) is 29.1. The van der Waals surface area contributed by atoms with Crippen LogP contribution in [-0.2, 0) is 6.42 Å². The summed E-state index contributed by atoms with van der Waals surface area (Å²) in [6.45, 7) is 4.43. The number of aryl methyl sites for hydroxylation is 2. The Morgan fingerprint density at radius 2 is 0.961 bits per heavy atom. The van der Waals surface area contributed by atoms with Gasteiger partial charge in [-0.1, -0.05) is 171 Å². The maximum absolute atomic E-state index is 5.06. The summed E-state index contributed by atoms with van der Waals surface area (Å²) in [4.78, 5) is 15.1. The van der Waals surface area contributed by atoms with Crippen molar-refractivity contribution in [3.8, 4) is 67.5 Å². The van der Waals surface area contributed by atoms with Crippen LogP contribution in [0.25, 0.3) is 73.1 Å². The lowest BCUT2D eigenvalue weighted by Gasteiger charge is -2.16. The predicted octanol–water partition coefficient (Wildman–Crippen LogP) is 12.5. The number of rotatable bonds is 8. The third kappa shape index (κ3) is 6.71. The number of nitrogens with zero attached hydrogens (tertiary/aromatic N) is 3. The molecule has 0 aliphatic heterocycles. The van der Waals surface area contributed by atoms with Gasteiger partial charge in [-0.05, 0) is 81.8 Å². The van der Waals surface area contributed by atoms with Crippen LogP contribution >= 0.6 is 0 Å². The first-order valence-corrected chi connectivity index (χ1v) is 17.8. The van der Waals surface area contributed by atoms with Gasteiger partial charge in [-0.25, -0.2) is 15.0 Å². The summed E-state index contributed by atoms with van der Waals surface area (Å²) < 4.78 is 0. The Kier molecular flexibility index (Phi) is 9.01. The van der Waals surface area contributed by atoms with E-state index in [0.29, 0.717) is 17.5 Å². The van der Waals surface area contributed by atoms with Crippen LogP contribution in [0.3, 0.4) is 0 Å². The average molecular weight is 658 g/mol. The Morgan fingerprint density at radius 3 is 1.55 bits per heavy atom. The zero-order chi connectivity index (χ0) is 34.6. The molecule has 0 atom stereocenters. The van der Waals surface area contributed by atoms with E-state index in [0.717, 1.165) is 47.1 Å². The van der Waals surface area contributed by atoms with Gasteiger partial charge < -0.3 is 0 Å². The van der Waals surface area contributed by atoms with Crippen LogP contribution in [0.2, 0.25) is 0 Å². The molecule has 6 aromatic carbocycles. The van der Waals surface area contributed by atoms with Crippen LogP contribution in [0.5, 0.6) is 0 Å². The normalized spacial score (nSPS) is 12.5. The zero-order valence-corrected chi connectivity index (χ0v) is 29.1. The van der Waals surface area contributed by atoms with E-state index in [2.05, 4.69) is 172 Å². The molecule has 246 valence electrons. The molecule has 1 heterocycles. The minimum absolute atomic E-state index is 0.650. The lowest BCUT2D eigenvalue weighted by Crippen LogP contribution is -2.00. The summed E-state index contributed by atoms with van der Waals surface area (Å²) in [5.41, 5.74) is 15.2. The van der Waals surface area contributed by atoms with E-state index in [-0.39, 0.29) is 0 Å². The maximum atomic E-state index is 5.06. The minimum Gasteiger partial charge on any atom is -0.208 e. The SMILES string of the molecule is CCc1ccccc1-c1c(C)cccc1-c1ccc(-c2nc(-c3ccc(C4=CCCC=C4)cc3)nc(-c3ccc(-c4ccccc4)cc3)n2)cc1. The second kappa shape index (κ2) is 14.3. The van der Waals surface area contributed by atoms with E-state index in [9.17, 15) is 0 Å². The highest BCUT2D eigenvalue weighted by Gasteiger charge is 2.16. The molecule has 0 spiro atoms. The van der Waals surface area contributed by atoms with Gasteiger partial charge in [-0.2, -0.15) is 0 Å². The third-order valence-electron chi connectivity index (χ3n) is 9.75. The molecule has 0 saturated heterocycles. The molecule has 3 heteroatoms. The Labute approximate surface area is 300 Å². The lowest BCUT2D eigenvalue weighted by molar-refractivity contribution is 1.04. The molecule has 0 saturated carbocycles. The summed E-state index contributed by atoms with van der Waals surface area (Å²) in [5, 5.41) is 0. The number of allylic oxidation sites excluding steroid dienone is 4. The van der Waals surface area contributed by atoms with Gasteiger partial charge in [0.15, 0.2) is 17.5 Å². The number of hydrogen-bond acceptors (Lipinski definition) is 3. The molecular formula is C48H39N3. The average Bonchev–Trinajstić information content (AvgIpc) is 3.21. The Bertz CT molecular complexity index is 2370. The quantitative estimate of drug-likeness (QED) is 0.163. The highest BCUT2D eigenvalue weighted by molar-refractivity contribution is 5.87. The van der Waals surface area contributed by atoms with Crippen molar-refractivity contribution < 1.29 is 0 Å². The van der Waals surface area contributed by atoms with Gasteiger partial charge in [-0.15, -0.1) is 0 Å². The van der Waals surface area contributed by atoms with Gasteiger partial charge in [0.05, 0.1) is 0 Å². The van der Waals surface area contributed by atoms with Gasteiger partial charge in [-0.3, -0.25) is 0 Å². The fourth-order valence-corrected chi connectivity index (χ4v) is 6.98. The fraction of sp³-hybridized carbons (Fsp3) is 0.104. The monoisotopic (exact) mass is 657 g/mol. The van der Waals surface area contributed by atoms with Gasteiger partial charge in [0.1, 0.15) is 0 Å². The van der Waals surface area contributed by atoms with Crippen molar-refractivity contribution in [1.29, 1.82) is 0 Å². The largest absolute Gasteiger partial charge is 0.208 e. The van der Waals surface area contributed by atoms with E-state index in [4.69, 9.17) is 15.0 Å². The van der Waals surface area contributed by atoms with E-state index < -0.39 is 0 Å². The van der Waals surface area contributed by atoms with Gasteiger partial charge >= 0.3 is 0 Å². The second-order valence-electron chi connectivity index (χ2n) is 13.1. The van der Waals surface area contributed by atoms with Crippen molar-refractivity contribution in [3.63, 3.8) is 0 Å². The third-order valence-corrected chi connectivity index (χ3v) is 9.75. The number of benzene rings is 6. The summed E-state index contributed by atoms with van der Waals surface area (Å²) >= 11 is 0. The molecule has 0 unspecified atom stereocenters. The van der Waals surface area contributed by atoms with E-state index >= 15 is 0 Å². The molecule has 1 aliphatic rings. The molecule has 0 bridgehead atoms. The van der Waals surface area contributed by atoms with Crippen LogP contribution in [0.4, 0.5) is 0 Å². The second-order valence-corrected chi connectivity index (χ2v) is 13.1. The highest BCUT2D eigenvalue weighted by Crippen LogP contribution is 2.38. The maximum Gasteiger partial charge on any atom is 0.164 e. The summed E-state index contributed by atoms with van der Waals surface area (Å²) in [6.07, 6.45) is 9.92. The molecule has 0 amide bonds.